The standard InChI is InChI=1S/C10H14FN3/c1-7-9(11)10(13-6-12-7)14-8-4-2-3-5-8/h6,8H,2-5H2,1H3,(H,12,13,14). The molecule has 0 saturated heterocycles. The highest BCUT2D eigenvalue weighted by molar-refractivity contribution is 5.38. The molecule has 0 aliphatic heterocycles. The maximum atomic E-state index is 13.5. The fourth-order valence-electron chi connectivity index (χ4n) is 1.82. The molecule has 1 N–H and O–H groups in total. The summed E-state index contributed by atoms with van der Waals surface area (Å²) in [5.74, 6) is 0.0313. The lowest BCUT2D eigenvalue weighted by molar-refractivity contribution is 0.598. The number of aromatic nitrogens is 2. The Bertz CT molecular complexity index is 321. The van der Waals surface area contributed by atoms with Crippen LogP contribution in [0.2, 0.25) is 0 Å². The largest absolute Gasteiger partial charge is 0.365 e. The molecule has 1 aliphatic carbocycles. The maximum Gasteiger partial charge on any atom is 0.186 e. The third-order valence-corrected chi connectivity index (χ3v) is 2.66. The Morgan fingerprint density at radius 1 is 1.36 bits per heavy atom. The number of nitrogens with one attached hydrogen (secondary N) is 1. The molecule has 1 heterocycles. The van der Waals surface area contributed by atoms with Gasteiger partial charge in [0.25, 0.3) is 0 Å². The summed E-state index contributed by atoms with van der Waals surface area (Å²) < 4.78 is 13.5. The van der Waals surface area contributed by atoms with Gasteiger partial charge in [-0.15, -0.1) is 0 Å². The highest BCUT2D eigenvalue weighted by Gasteiger charge is 2.17. The number of aryl methyl sites for hydroxylation is 1. The van der Waals surface area contributed by atoms with Gasteiger partial charge in [-0.1, -0.05) is 12.8 Å². The number of nitrogens with zero attached hydrogens (tertiary/aromatic N) is 2. The lowest BCUT2D eigenvalue weighted by atomic mass is 10.2. The molecule has 0 spiro atoms. The average molecular weight is 195 g/mol. The summed E-state index contributed by atoms with van der Waals surface area (Å²) in [5, 5.41) is 3.12. The minimum Gasteiger partial charge on any atom is -0.365 e. The third-order valence-electron chi connectivity index (χ3n) is 2.66. The lowest BCUT2D eigenvalue weighted by Gasteiger charge is -2.13. The lowest BCUT2D eigenvalue weighted by Crippen LogP contribution is -2.17. The van der Waals surface area contributed by atoms with E-state index in [1.807, 2.05) is 0 Å². The van der Waals surface area contributed by atoms with Crippen LogP contribution in [0.4, 0.5) is 10.2 Å². The molecule has 3 nitrogen and oxygen atoms in total. The van der Waals surface area contributed by atoms with E-state index in [4.69, 9.17) is 0 Å². The molecule has 2 rings (SSSR count). The Morgan fingerprint density at radius 3 is 2.79 bits per heavy atom. The van der Waals surface area contributed by atoms with E-state index in [-0.39, 0.29) is 5.82 Å². The highest BCUT2D eigenvalue weighted by Crippen LogP contribution is 2.22. The Hall–Kier alpha value is -1.19. The van der Waals surface area contributed by atoms with Gasteiger partial charge in [0.2, 0.25) is 0 Å². The Balaban J connectivity index is 2.11. The molecule has 0 radical (unpaired) electrons. The second-order valence-electron chi connectivity index (χ2n) is 3.75. The van der Waals surface area contributed by atoms with Crippen LogP contribution in [0.15, 0.2) is 6.33 Å². The quantitative estimate of drug-likeness (QED) is 0.786. The van der Waals surface area contributed by atoms with Crippen molar-refractivity contribution in [2.75, 3.05) is 5.32 Å². The Kier molecular flexibility index (Phi) is 2.61. The van der Waals surface area contributed by atoms with Gasteiger partial charge in [-0.2, -0.15) is 0 Å². The fourth-order valence-corrected chi connectivity index (χ4v) is 1.82. The van der Waals surface area contributed by atoms with E-state index in [9.17, 15) is 4.39 Å². The summed E-state index contributed by atoms with van der Waals surface area (Å²) in [6.45, 7) is 1.65. The number of halogens is 1. The first-order chi connectivity index (χ1) is 6.77. The molecule has 0 aromatic carbocycles. The van der Waals surface area contributed by atoms with Crippen LogP contribution >= 0.6 is 0 Å². The van der Waals surface area contributed by atoms with Crippen molar-refractivity contribution in [3.63, 3.8) is 0 Å². The Morgan fingerprint density at radius 2 is 2.07 bits per heavy atom. The summed E-state index contributed by atoms with van der Waals surface area (Å²) in [5.41, 5.74) is 0.403. The molecule has 0 unspecified atom stereocenters. The molecule has 1 aliphatic rings. The number of rotatable bonds is 2. The molecule has 0 atom stereocenters. The summed E-state index contributed by atoms with van der Waals surface area (Å²) in [6.07, 6.45) is 6.08. The zero-order chi connectivity index (χ0) is 9.97. The van der Waals surface area contributed by atoms with Gasteiger partial charge in [-0.25, -0.2) is 14.4 Å². The normalized spacial score (nSPS) is 17.3. The maximum absolute atomic E-state index is 13.5. The van der Waals surface area contributed by atoms with E-state index in [1.165, 1.54) is 19.2 Å². The molecule has 0 amide bonds. The second kappa shape index (κ2) is 3.90. The predicted octanol–water partition coefficient (Wildman–Crippen LogP) is 2.28. The molecular formula is C10H14FN3. The molecule has 4 heteroatoms. The van der Waals surface area contributed by atoms with Crippen molar-refractivity contribution in [3.8, 4) is 0 Å². The van der Waals surface area contributed by atoms with Crippen LogP contribution in [0.5, 0.6) is 0 Å². The number of hydrogen-bond donors (Lipinski definition) is 1. The minimum atomic E-state index is -0.320. The summed E-state index contributed by atoms with van der Waals surface area (Å²) in [7, 11) is 0. The number of hydrogen-bond acceptors (Lipinski definition) is 3. The molecule has 76 valence electrons. The van der Waals surface area contributed by atoms with Crippen LogP contribution in [0.1, 0.15) is 31.4 Å². The smallest absolute Gasteiger partial charge is 0.186 e. The van der Waals surface area contributed by atoms with E-state index >= 15 is 0 Å². The Labute approximate surface area is 82.8 Å². The number of anilines is 1. The van der Waals surface area contributed by atoms with Crippen molar-refractivity contribution in [1.82, 2.24) is 9.97 Å². The summed E-state index contributed by atoms with van der Waals surface area (Å²) >= 11 is 0. The van der Waals surface area contributed by atoms with Gasteiger partial charge in [0.15, 0.2) is 11.6 Å². The van der Waals surface area contributed by atoms with Crippen molar-refractivity contribution < 1.29 is 4.39 Å². The predicted molar refractivity (Wildman–Crippen MR) is 52.6 cm³/mol. The van der Waals surface area contributed by atoms with Crippen molar-refractivity contribution in [2.45, 2.75) is 38.6 Å². The van der Waals surface area contributed by atoms with Crippen LogP contribution < -0.4 is 5.32 Å². The molecule has 1 fully saturated rings. The fraction of sp³-hybridized carbons (Fsp3) is 0.600. The van der Waals surface area contributed by atoms with E-state index in [0.29, 0.717) is 17.6 Å². The van der Waals surface area contributed by atoms with Crippen LogP contribution in [-0.2, 0) is 0 Å². The monoisotopic (exact) mass is 195 g/mol. The molecular weight excluding hydrogens is 181 g/mol. The van der Waals surface area contributed by atoms with Crippen LogP contribution in [0, 0.1) is 12.7 Å². The summed E-state index contributed by atoms with van der Waals surface area (Å²) in [4.78, 5) is 7.69. The van der Waals surface area contributed by atoms with E-state index < -0.39 is 0 Å². The van der Waals surface area contributed by atoms with Crippen molar-refractivity contribution in [3.05, 3.63) is 17.8 Å². The molecule has 14 heavy (non-hydrogen) atoms. The molecule has 0 bridgehead atoms. The molecule has 1 saturated carbocycles. The van der Waals surface area contributed by atoms with Crippen molar-refractivity contribution in [2.24, 2.45) is 0 Å². The van der Waals surface area contributed by atoms with Crippen LogP contribution in [0.3, 0.4) is 0 Å². The zero-order valence-corrected chi connectivity index (χ0v) is 8.26. The van der Waals surface area contributed by atoms with E-state index in [2.05, 4.69) is 15.3 Å². The van der Waals surface area contributed by atoms with Gasteiger partial charge in [-0.05, 0) is 19.8 Å². The molecule has 1 aromatic rings. The second-order valence-corrected chi connectivity index (χ2v) is 3.75. The van der Waals surface area contributed by atoms with Gasteiger partial charge in [0.05, 0.1) is 5.69 Å². The SMILES string of the molecule is Cc1ncnc(NC2CCCC2)c1F. The van der Waals surface area contributed by atoms with E-state index in [0.717, 1.165) is 12.8 Å². The zero-order valence-electron chi connectivity index (χ0n) is 8.26. The van der Waals surface area contributed by atoms with Gasteiger partial charge < -0.3 is 5.32 Å². The van der Waals surface area contributed by atoms with E-state index in [1.54, 1.807) is 6.92 Å². The van der Waals surface area contributed by atoms with Crippen LogP contribution in [0.25, 0.3) is 0 Å². The van der Waals surface area contributed by atoms with Crippen LogP contribution in [-0.4, -0.2) is 16.0 Å². The third kappa shape index (κ3) is 1.84. The van der Waals surface area contributed by atoms with Gasteiger partial charge in [0, 0.05) is 6.04 Å². The van der Waals surface area contributed by atoms with Crippen molar-refractivity contribution >= 4 is 5.82 Å². The van der Waals surface area contributed by atoms with Gasteiger partial charge in [0.1, 0.15) is 6.33 Å². The first-order valence-corrected chi connectivity index (χ1v) is 5.01. The highest BCUT2D eigenvalue weighted by atomic mass is 19.1. The molecule has 1 aromatic heterocycles. The average Bonchev–Trinajstić information content (AvgIpc) is 2.66. The van der Waals surface area contributed by atoms with Gasteiger partial charge in [-0.3, -0.25) is 0 Å². The summed E-state index contributed by atoms with van der Waals surface area (Å²) in [6, 6.07) is 0.388. The topological polar surface area (TPSA) is 37.8 Å². The first kappa shape index (κ1) is 9.37. The first-order valence-electron chi connectivity index (χ1n) is 5.01. The van der Waals surface area contributed by atoms with Crippen molar-refractivity contribution in [1.29, 1.82) is 0 Å². The van der Waals surface area contributed by atoms with Gasteiger partial charge >= 0.3 is 0 Å². The minimum absolute atomic E-state index is 0.320.